The quantitative estimate of drug-likeness (QED) is 0.502. The predicted octanol–water partition coefficient (Wildman–Crippen LogP) is 0.00520. The molecule has 0 aliphatic carbocycles. The van der Waals surface area contributed by atoms with Crippen molar-refractivity contribution in [3.8, 4) is 0 Å². The fourth-order valence-corrected chi connectivity index (χ4v) is 3.85. The Labute approximate surface area is 154 Å². The fourth-order valence-electron chi connectivity index (χ4n) is 1.28. The average molecular weight is 336 g/mol. The van der Waals surface area contributed by atoms with E-state index >= 15 is 0 Å². The summed E-state index contributed by atoms with van der Waals surface area (Å²) in [5.41, 5.74) is 0. The van der Waals surface area contributed by atoms with E-state index in [0.717, 1.165) is 13.8 Å². The largest absolute Gasteiger partial charge is 2.00 e. The number of hydrogen-bond acceptors (Lipinski definition) is 4. The van der Waals surface area contributed by atoms with Gasteiger partial charge < -0.3 is 25.3 Å². The summed E-state index contributed by atoms with van der Waals surface area (Å²) in [4.78, 5) is 17.8. The van der Waals surface area contributed by atoms with Crippen LogP contribution in [0.3, 0.4) is 0 Å². The monoisotopic (exact) mass is 336 g/mol. The predicted molar refractivity (Wildman–Crippen MR) is 83.1 cm³/mol. The summed E-state index contributed by atoms with van der Waals surface area (Å²) >= 11 is 0. The molecule has 0 aromatic rings. The molecule has 0 aromatic carbocycles. The van der Waals surface area contributed by atoms with E-state index in [2.05, 4.69) is 20.8 Å². The van der Waals surface area contributed by atoms with Crippen LogP contribution in [0.1, 0.15) is 53.9 Å². The molecule has 0 heterocycles. The number of rotatable bonds is 6. The van der Waals surface area contributed by atoms with Crippen molar-refractivity contribution >= 4 is 57.6 Å². The standard InChI is InChI=1S/C9H21P.2C2H4O2.Ca.H2O/c1-4-7-10(8-5-2)9-6-3;2*1-2(3)4;;/h4-9H2,1-3H3;2*1H3,(H,3,4);;1H2/q;;;+2;/p-2. The van der Waals surface area contributed by atoms with E-state index in [9.17, 15) is 0 Å². The summed E-state index contributed by atoms with van der Waals surface area (Å²) in [7, 11) is 0.439. The molecule has 0 aliphatic rings. The minimum absolute atomic E-state index is 0. The van der Waals surface area contributed by atoms with Crippen LogP contribution in [0.15, 0.2) is 0 Å². The Morgan fingerprint density at radius 2 is 0.950 bits per heavy atom. The number of carboxylic acids is 2. The maximum atomic E-state index is 8.89. The molecule has 7 heteroatoms. The molecule has 0 atom stereocenters. The van der Waals surface area contributed by atoms with Gasteiger partial charge in [-0.3, -0.25) is 0 Å². The maximum absolute atomic E-state index is 8.89. The topological polar surface area (TPSA) is 112 Å². The molecule has 0 aliphatic heterocycles. The van der Waals surface area contributed by atoms with Crippen LogP contribution in [0.25, 0.3) is 0 Å². The maximum Gasteiger partial charge on any atom is 2.00 e. The van der Waals surface area contributed by atoms with Crippen LogP contribution in [0, 0.1) is 0 Å². The van der Waals surface area contributed by atoms with Gasteiger partial charge in [0.15, 0.2) is 0 Å². The minimum Gasteiger partial charge on any atom is -0.550 e. The molecule has 0 amide bonds. The third-order valence-corrected chi connectivity index (χ3v) is 4.86. The SMILES string of the molecule is CC(=O)[O-].CC(=O)[O-].CCCP(CCC)CCC.O.[Ca+2]. The van der Waals surface area contributed by atoms with Gasteiger partial charge in [-0.1, -0.05) is 40.0 Å². The average Bonchev–Trinajstić information content (AvgIpc) is 2.17. The van der Waals surface area contributed by atoms with Crippen LogP contribution in [0.5, 0.6) is 0 Å². The molecule has 5 nitrogen and oxygen atoms in total. The number of carboxylic acid groups (broad SMARTS) is 2. The summed E-state index contributed by atoms with van der Waals surface area (Å²) in [6, 6.07) is 0. The fraction of sp³-hybridized carbons (Fsp3) is 0.846. The second-order valence-electron chi connectivity index (χ2n) is 3.82. The molecular formula is C13H29CaO5P. The zero-order valence-electron chi connectivity index (χ0n) is 13.5. The molecular weight excluding hydrogens is 307 g/mol. The summed E-state index contributed by atoms with van der Waals surface area (Å²) in [6.07, 6.45) is 8.72. The Hall–Kier alpha value is 0.590. The molecule has 2 N–H and O–H groups in total. The zero-order chi connectivity index (χ0) is 15.0. The molecule has 0 fully saturated rings. The first kappa shape index (κ1) is 32.5. The summed E-state index contributed by atoms with van der Waals surface area (Å²) in [5, 5.41) is 17.8. The molecule has 20 heavy (non-hydrogen) atoms. The van der Waals surface area contributed by atoms with Crippen molar-refractivity contribution in [2.45, 2.75) is 53.9 Å². The number of aliphatic carboxylic acids is 2. The van der Waals surface area contributed by atoms with Crippen molar-refractivity contribution in [3.63, 3.8) is 0 Å². The van der Waals surface area contributed by atoms with Gasteiger partial charge in [-0.25, -0.2) is 0 Å². The smallest absolute Gasteiger partial charge is 0.550 e. The van der Waals surface area contributed by atoms with Gasteiger partial charge in [-0.2, -0.15) is 0 Å². The number of hydrogen-bond donors (Lipinski definition) is 0. The summed E-state index contributed by atoms with van der Waals surface area (Å²) < 4.78 is 0. The summed E-state index contributed by atoms with van der Waals surface area (Å²) in [6.45, 7) is 8.86. The third-order valence-electron chi connectivity index (χ3n) is 1.62. The molecule has 0 rings (SSSR count). The van der Waals surface area contributed by atoms with Gasteiger partial charge in [0.1, 0.15) is 0 Å². The van der Waals surface area contributed by atoms with Crippen LogP contribution in [-0.2, 0) is 9.59 Å². The van der Waals surface area contributed by atoms with E-state index in [1.807, 2.05) is 0 Å². The third kappa shape index (κ3) is 62.5. The van der Waals surface area contributed by atoms with Crippen molar-refractivity contribution in [2.75, 3.05) is 18.5 Å². The Balaban J connectivity index is -0.0000000637. The van der Waals surface area contributed by atoms with E-state index in [1.54, 1.807) is 0 Å². The number of carbonyl (C=O) groups excluding carboxylic acids is 2. The van der Waals surface area contributed by atoms with Crippen molar-refractivity contribution in [1.82, 2.24) is 0 Å². The van der Waals surface area contributed by atoms with Crippen LogP contribution < -0.4 is 10.2 Å². The first-order valence-corrected chi connectivity index (χ1v) is 8.28. The Kier molecular flexibility index (Phi) is 45.3. The molecule has 0 aromatic heterocycles. The van der Waals surface area contributed by atoms with Crippen LogP contribution in [0.4, 0.5) is 0 Å². The molecule has 0 unspecified atom stereocenters. The molecule has 0 radical (unpaired) electrons. The van der Waals surface area contributed by atoms with Gasteiger partial charge in [0.05, 0.1) is 0 Å². The number of carbonyl (C=O) groups is 2. The molecule has 118 valence electrons. The molecule has 0 saturated heterocycles. The second kappa shape index (κ2) is 27.9. The Morgan fingerprint density at radius 1 is 0.800 bits per heavy atom. The first-order chi connectivity index (χ1) is 8.31. The first-order valence-electron chi connectivity index (χ1n) is 6.39. The van der Waals surface area contributed by atoms with Gasteiger partial charge in [0.25, 0.3) is 0 Å². The normalized spacial score (nSPS) is 7.90. The van der Waals surface area contributed by atoms with Crippen molar-refractivity contribution in [3.05, 3.63) is 0 Å². The van der Waals surface area contributed by atoms with E-state index < -0.39 is 11.9 Å². The van der Waals surface area contributed by atoms with Gasteiger partial charge in [0.2, 0.25) is 0 Å². The van der Waals surface area contributed by atoms with E-state index in [0.29, 0.717) is 7.92 Å². The summed E-state index contributed by atoms with van der Waals surface area (Å²) in [5.74, 6) is -2.17. The molecule has 0 bridgehead atoms. The van der Waals surface area contributed by atoms with Crippen molar-refractivity contribution in [1.29, 1.82) is 0 Å². The van der Waals surface area contributed by atoms with Gasteiger partial charge in [-0.15, -0.1) is 7.92 Å². The van der Waals surface area contributed by atoms with Crippen LogP contribution in [0.2, 0.25) is 0 Å². The van der Waals surface area contributed by atoms with Gasteiger partial charge in [0, 0.05) is 11.9 Å². The van der Waals surface area contributed by atoms with Crippen LogP contribution >= 0.6 is 7.92 Å². The Bertz CT molecular complexity index is 169. The van der Waals surface area contributed by atoms with E-state index in [-0.39, 0.29) is 43.2 Å². The minimum atomic E-state index is -1.08. The van der Waals surface area contributed by atoms with E-state index in [1.165, 1.54) is 37.7 Å². The van der Waals surface area contributed by atoms with E-state index in [4.69, 9.17) is 19.8 Å². The van der Waals surface area contributed by atoms with Gasteiger partial charge in [-0.05, 0) is 32.3 Å². The second-order valence-corrected chi connectivity index (χ2v) is 6.51. The van der Waals surface area contributed by atoms with Gasteiger partial charge >= 0.3 is 37.7 Å². The zero-order valence-corrected chi connectivity index (χ0v) is 16.6. The Morgan fingerprint density at radius 3 is 1.05 bits per heavy atom. The molecule has 0 saturated carbocycles. The van der Waals surface area contributed by atoms with Crippen molar-refractivity contribution in [2.24, 2.45) is 0 Å². The van der Waals surface area contributed by atoms with Crippen molar-refractivity contribution < 1.29 is 25.3 Å². The molecule has 0 spiro atoms. The van der Waals surface area contributed by atoms with Crippen LogP contribution in [-0.4, -0.2) is 73.6 Å².